The van der Waals surface area contributed by atoms with Crippen molar-refractivity contribution in [3.05, 3.63) is 16.3 Å². The molecule has 0 aliphatic carbocycles. The molecule has 0 saturated carbocycles. The Morgan fingerprint density at radius 1 is 1.54 bits per heavy atom. The van der Waals surface area contributed by atoms with Crippen LogP contribution in [0.15, 0.2) is 15.7 Å². The van der Waals surface area contributed by atoms with E-state index in [1.165, 1.54) is 0 Å². The van der Waals surface area contributed by atoms with Crippen molar-refractivity contribution in [3.63, 3.8) is 0 Å². The minimum absolute atomic E-state index is 0.715. The van der Waals surface area contributed by atoms with Gasteiger partial charge < -0.3 is 9.47 Å². The van der Waals surface area contributed by atoms with Crippen molar-refractivity contribution < 1.29 is 0 Å². The summed E-state index contributed by atoms with van der Waals surface area (Å²) in [5, 5.41) is 0. The van der Waals surface area contributed by atoms with E-state index in [2.05, 4.69) is 25.9 Å². The van der Waals surface area contributed by atoms with Crippen LogP contribution in [0.2, 0.25) is 0 Å². The Morgan fingerprint density at radius 3 is 2.62 bits per heavy atom. The first-order valence-corrected chi connectivity index (χ1v) is 4.69. The monoisotopic (exact) mass is 244 g/mol. The van der Waals surface area contributed by atoms with Crippen molar-refractivity contribution in [2.45, 2.75) is 0 Å². The van der Waals surface area contributed by atoms with Crippen LogP contribution in [-0.2, 0) is 7.05 Å². The molecule has 1 rings (SSSR count). The molecule has 1 aromatic rings. The standard InChI is InChI=1S/C8H13BrN4/c1-10-8-11-7(12(2)3)6(9)5-13(8)4/h5H,1-4H3. The highest BCUT2D eigenvalue weighted by molar-refractivity contribution is 9.10. The SMILES string of the molecule is CN=c1nc(N(C)C)c(Br)cn1C. The Kier molecular flexibility index (Phi) is 3.08. The van der Waals surface area contributed by atoms with E-state index >= 15 is 0 Å². The van der Waals surface area contributed by atoms with Gasteiger partial charge in [-0.1, -0.05) is 0 Å². The second-order valence-corrected chi connectivity index (χ2v) is 3.80. The summed E-state index contributed by atoms with van der Waals surface area (Å²) in [6.07, 6.45) is 1.95. The lowest BCUT2D eigenvalue weighted by molar-refractivity contribution is 0.764. The summed E-state index contributed by atoms with van der Waals surface area (Å²) < 4.78 is 2.84. The molecule has 0 fully saturated rings. The molecule has 0 radical (unpaired) electrons. The zero-order chi connectivity index (χ0) is 10.0. The first-order valence-electron chi connectivity index (χ1n) is 3.89. The van der Waals surface area contributed by atoms with Crippen molar-refractivity contribution in [3.8, 4) is 0 Å². The highest BCUT2D eigenvalue weighted by atomic mass is 79.9. The number of hydrogen-bond acceptors (Lipinski definition) is 3. The number of nitrogens with zero attached hydrogens (tertiary/aromatic N) is 4. The van der Waals surface area contributed by atoms with Gasteiger partial charge in [-0.05, 0) is 15.9 Å². The molecule has 5 heteroatoms. The molecule has 0 spiro atoms. The molecule has 13 heavy (non-hydrogen) atoms. The second kappa shape index (κ2) is 3.91. The van der Waals surface area contributed by atoms with Gasteiger partial charge in [-0.2, -0.15) is 4.98 Å². The lowest BCUT2D eigenvalue weighted by Gasteiger charge is -2.13. The van der Waals surface area contributed by atoms with Gasteiger partial charge in [0.05, 0.1) is 4.47 Å². The summed E-state index contributed by atoms with van der Waals surface area (Å²) in [5.74, 6) is 0.888. The predicted octanol–water partition coefficient (Wildman–Crippen LogP) is 0.779. The smallest absolute Gasteiger partial charge is 0.226 e. The largest absolute Gasteiger partial charge is 0.362 e. The third-order valence-corrected chi connectivity index (χ3v) is 2.22. The normalized spacial score (nSPS) is 11.9. The lowest BCUT2D eigenvalue weighted by Crippen LogP contribution is -2.25. The summed E-state index contributed by atoms with van der Waals surface area (Å²) in [5.41, 5.74) is 0.715. The van der Waals surface area contributed by atoms with Crippen molar-refractivity contribution in [1.82, 2.24) is 9.55 Å². The van der Waals surface area contributed by atoms with Crippen molar-refractivity contribution >= 4 is 21.7 Å². The van der Waals surface area contributed by atoms with Gasteiger partial charge in [-0.25, -0.2) is 0 Å². The molecule has 0 aliphatic rings. The molecule has 72 valence electrons. The van der Waals surface area contributed by atoms with E-state index in [0.29, 0.717) is 5.62 Å². The first-order chi connectivity index (χ1) is 6.06. The Hall–Kier alpha value is -0.840. The van der Waals surface area contributed by atoms with E-state index in [0.717, 1.165) is 10.3 Å². The predicted molar refractivity (Wildman–Crippen MR) is 56.7 cm³/mol. The maximum Gasteiger partial charge on any atom is 0.226 e. The average Bonchev–Trinajstić information content (AvgIpc) is 2.03. The number of aromatic nitrogens is 2. The summed E-state index contributed by atoms with van der Waals surface area (Å²) in [6, 6.07) is 0. The van der Waals surface area contributed by atoms with Crippen molar-refractivity contribution in [2.24, 2.45) is 12.0 Å². The molecule has 0 aromatic carbocycles. The Morgan fingerprint density at radius 2 is 2.15 bits per heavy atom. The third kappa shape index (κ3) is 2.09. The fourth-order valence-electron chi connectivity index (χ4n) is 1.03. The molecule has 0 aliphatic heterocycles. The number of hydrogen-bond donors (Lipinski definition) is 0. The quantitative estimate of drug-likeness (QED) is 0.732. The number of aryl methyl sites for hydroxylation is 1. The van der Waals surface area contributed by atoms with Crippen molar-refractivity contribution in [1.29, 1.82) is 0 Å². The van der Waals surface area contributed by atoms with Crippen LogP contribution in [0.4, 0.5) is 5.82 Å². The van der Waals surface area contributed by atoms with Crippen LogP contribution in [0.25, 0.3) is 0 Å². The molecule has 0 unspecified atom stereocenters. The molecule has 0 N–H and O–H groups in total. The number of anilines is 1. The number of rotatable bonds is 1. The molecule has 0 saturated heterocycles. The first kappa shape index (κ1) is 10.2. The van der Waals surface area contributed by atoms with E-state index in [4.69, 9.17) is 0 Å². The topological polar surface area (TPSA) is 33.4 Å². The van der Waals surface area contributed by atoms with Crippen LogP contribution in [0.1, 0.15) is 0 Å². The van der Waals surface area contributed by atoms with Crippen molar-refractivity contribution in [2.75, 3.05) is 26.0 Å². The van der Waals surface area contributed by atoms with Gasteiger partial charge in [0.15, 0.2) is 0 Å². The van der Waals surface area contributed by atoms with Crippen LogP contribution >= 0.6 is 15.9 Å². The summed E-state index contributed by atoms with van der Waals surface area (Å²) in [6.45, 7) is 0. The molecule has 0 atom stereocenters. The van der Waals surface area contributed by atoms with Crippen LogP contribution in [0.5, 0.6) is 0 Å². The van der Waals surface area contributed by atoms with Gasteiger partial charge in [0, 0.05) is 34.4 Å². The van der Waals surface area contributed by atoms with Crippen LogP contribution in [0, 0.1) is 0 Å². The van der Waals surface area contributed by atoms with Gasteiger partial charge >= 0.3 is 0 Å². The molecular formula is C8H13BrN4. The van der Waals surface area contributed by atoms with E-state index < -0.39 is 0 Å². The van der Waals surface area contributed by atoms with Gasteiger partial charge in [0.25, 0.3) is 0 Å². The minimum Gasteiger partial charge on any atom is -0.362 e. The second-order valence-electron chi connectivity index (χ2n) is 2.94. The summed E-state index contributed by atoms with van der Waals surface area (Å²) >= 11 is 3.44. The number of halogens is 1. The lowest BCUT2D eigenvalue weighted by atomic mass is 10.5. The zero-order valence-corrected chi connectivity index (χ0v) is 9.83. The molecule has 1 aromatic heterocycles. The van der Waals surface area contributed by atoms with E-state index in [9.17, 15) is 0 Å². The van der Waals surface area contributed by atoms with Crippen LogP contribution in [0.3, 0.4) is 0 Å². The maximum absolute atomic E-state index is 4.37. The van der Waals surface area contributed by atoms with Gasteiger partial charge in [-0.3, -0.25) is 4.99 Å². The Balaban J connectivity index is 3.40. The van der Waals surface area contributed by atoms with Gasteiger partial charge in [-0.15, -0.1) is 0 Å². The van der Waals surface area contributed by atoms with Gasteiger partial charge in [0.1, 0.15) is 5.82 Å². The van der Waals surface area contributed by atoms with Crippen LogP contribution in [-0.4, -0.2) is 30.7 Å². The molecule has 4 nitrogen and oxygen atoms in total. The molecule has 1 heterocycles. The Labute approximate surface area is 86.1 Å². The van der Waals surface area contributed by atoms with Crippen LogP contribution < -0.4 is 10.5 Å². The fourth-order valence-corrected chi connectivity index (χ4v) is 1.78. The highest BCUT2D eigenvalue weighted by Gasteiger charge is 2.04. The van der Waals surface area contributed by atoms with Gasteiger partial charge in [0.2, 0.25) is 5.62 Å². The fraction of sp³-hybridized carbons (Fsp3) is 0.500. The third-order valence-electron chi connectivity index (χ3n) is 1.67. The van der Waals surface area contributed by atoms with E-state index in [-0.39, 0.29) is 0 Å². The molecule has 0 bridgehead atoms. The average molecular weight is 245 g/mol. The van der Waals surface area contributed by atoms with E-state index in [1.807, 2.05) is 36.8 Å². The Bertz CT molecular complexity index is 367. The summed E-state index contributed by atoms with van der Waals surface area (Å²) in [7, 11) is 7.55. The zero-order valence-electron chi connectivity index (χ0n) is 8.24. The maximum atomic E-state index is 4.37. The molecule has 0 amide bonds. The summed E-state index contributed by atoms with van der Waals surface area (Å²) in [4.78, 5) is 10.4. The highest BCUT2D eigenvalue weighted by Crippen LogP contribution is 2.18. The molecular weight excluding hydrogens is 232 g/mol. The minimum atomic E-state index is 0.715. The van der Waals surface area contributed by atoms with E-state index in [1.54, 1.807) is 7.05 Å².